The number of benzene rings is 1. The van der Waals surface area contributed by atoms with E-state index < -0.39 is 0 Å². The molecule has 0 aromatic heterocycles. The fourth-order valence-corrected chi connectivity index (χ4v) is 2.42. The summed E-state index contributed by atoms with van der Waals surface area (Å²) in [5.74, 6) is 0.103. The van der Waals surface area contributed by atoms with E-state index in [0.717, 1.165) is 18.5 Å². The van der Waals surface area contributed by atoms with E-state index in [4.69, 9.17) is 0 Å². The zero-order chi connectivity index (χ0) is 12.8. The minimum absolute atomic E-state index is 0.103. The number of carbonyl (C=O) groups excluding carboxylic acids is 1. The summed E-state index contributed by atoms with van der Waals surface area (Å²) in [5, 5.41) is 6.36. The second-order valence-electron chi connectivity index (χ2n) is 5.08. The van der Waals surface area contributed by atoms with Crippen LogP contribution in [-0.4, -0.2) is 18.0 Å². The molecule has 2 rings (SSSR count). The van der Waals surface area contributed by atoms with Gasteiger partial charge in [-0.3, -0.25) is 4.79 Å². The van der Waals surface area contributed by atoms with Crippen molar-refractivity contribution in [3.63, 3.8) is 0 Å². The molecule has 1 atom stereocenters. The highest BCUT2D eigenvalue weighted by Gasteiger charge is 2.19. The number of para-hydroxylation sites is 1. The highest BCUT2D eigenvalue weighted by molar-refractivity contribution is 5.84. The fraction of sp³-hybridized carbons (Fsp3) is 0.533. The van der Waals surface area contributed by atoms with Gasteiger partial charge in [0, 0.05) is 11.7 Å². The number of anilines is 1. The highest BCUT2D eigenvalue weighted by atomic mass is 16.2. The fourth-order valence-electron chi connectivity index (χ4n) is 2.42. The summed E-state index contributed by atoms with van der Waals surface area (Å²) in [6.45, 7) is 1.91. The number of nitrogens with one attached hydrogen (secondary N) is 2. The molecule has 0 aliphatic heterocycles. The van der Waals surface area contributed by atoms with Crippen LogP contribution in [0.4, 0.5) is 5.69 Å². The Morgan fingerprint density at radius 1 is 1.17 bits per heavy atom. The Labute approximate surface area is 109 Å². The average molecular weight is 246 g/mol. The third-order valence-corrected chi connectivity index (χ3v) is 3.50. The van der Waals surface area contributed by atoms with E-state index >= 15 is 0 Å². The molecule has 1 aromatic carbocycles. The summed E-state index contributed by atoms with van der Waals surface area (Å²) in [4.78, 5) is 12.0. The highest BCUT2D eigenvalue weighted by Crippen LogP contribution is 2.17. The quantitative estimate of drug-likeness (QED) is 0.857. The van der Waals surface area contributed by atoms with E-state index in [0.29, 0.717) is 6.04 Å². The Balaban J connectivity index is 1.81. The molecule has 2 N–H and O–H groups in total. The molecular weight excluding hydrogens is 224 g/mol. The SMILES string of the molecule is C[C@@H](Nc1ccccc1)C(=O)NC1CCCCC1. The van der Waals surface area contributed by atoms with Gasteiger partial charge in [-0.05, 0) is 31.9 Å². The smallest absolute Gasteiger partial charge is 0.242 e. The topological polar surface area (TPSA) is 41.1 Å². The van der Waals surface area contributed by atoms with Crippen LogP contribution >= 0.6 is 0 Å². The maximum atomic E-state index is 12.0. The van der Waals surface area contributed by atoms with E-state index in [1.807, 2.05) is 37.3 Å². The van der Waals surface area contributed by atoms with Crippen molar-refractivity contribution in [2.75, 3.05) is 5.32 Å². The van der Waals surface area contributed by atoms with Crippen LogP contribution in [0.15, 0.2) is 30.3 Å². The van der Waals surface area contributed by atoms with Crippen molar-refractivity contribution in [1.82, 2.24) is 5.32 Å². The Kier molecular flexibility index (Phi) is 4.62. The van der Waals surface area contributed by atoms with Gasteiger partial charge >= 0.3 is 0 Å². The van der Waals surface area contributed by atoms with E-state index in [9.17, 15) is 4.79 Å². The number of carbonyl (C=O) groups is 1. The van der Waals surface area contributed by atoms with Gasteiger partial charge in [-0.2, -0.15) is 0 Å². The number of rotatable bonds is 4. The van der Waals surface area contributed by atoms with Gasteiger partial charge in [-0.15, -0.1) is 0 Å². The molecule has 1 amide bonds. The first-order valence-electron chi connectivity index (χ1n) is 6.87. The Bertz CT molecular complexity index is 371. The van der Waals surface area contributed by atoms with E-state index in [2.05, 4.69) is 10.6 Å². The second kappa shape index (κ2) is 6.43. The third-order valence-electron chi connectivity index (χ3n) is 3.50. The zero-order valence-electron chi connectivity index (χ0n) is 11.0. The molecule has 3 heteroatoms. The maximum Gasteiger partial charge on any atom is 0.242 e. The molecule has 0 bridgehead atoms. The lowest BCUT2D eigenvalue weighted by molar-refractivity contribution is -0.122. The minimum Gasteiger partial charge on any atom is -0.374 e. The number of hydrogen-bond acceptors (Lipinski definition) is 2. The van der Waals surface area contributed by atoms with Crippen molar-refractivity contribution < 1.29 is 4.79 Å². The van der Waals surface area contributed by atoms with Gasteiger partial charge in [0.25, 0.3) is 0 Å². The monoisotopic (exact) mass is 246 g/mol. The summed E-state index contributed by atoms with van der Waals surface area (Å²) in [6, 6.07) is 10.1. The summed E-state index contributed by atoms with van der Waals surface area (Å²) in [6.07, 6.45) is 6.05. The molecular formula is C15H22N2O. The van der Waals surface area contributed by atoms with Crippen LogP contribution in [0.3, 0.4) is 0 Å². The van der Waals surface area contributed by atoms with E-state index in [-0.39, 0.29) is 11.9 Å². The van der Waals surface area contributed by atoms with Gasteiger partial charge in [-0.25, -0.2) is 0 Å². The van der Waals surface area contributed by atoms with Crippen LogP contribution in [0.2, 0.25) is 0 Å². The van der Waals surface area contributed by atoms with Crippen LogP contribution in [0.5, 0.6) is 0 Å². The molecule has 0 radical (unpaired) electrons. The first-order valence-corrected chi connectivity index (χ1v) is 6.87. The Morgan fingerprint density at radius 3 is 2.50 bits per heavy atom. The van der Waals surface area contributed by atoms with Crippen molar-refractivity contribution in [2.45, 2.75) is 51.1 Å². The van der Waals surface area contributed by atoms with Crippen LogP contribution < -0.4 is 10.6 Å². The molecule has 0 unspecified atom stereocenters. The lowest BCUT2D eigenvalue weighted by Gasteiger charge is -2.25. The van der Waals surface area contributed by atoms with Crippen molar-refractivity contribution in [2.24, 2.45) is 0 Å². The molecule has 0 spiro atoms. The lowest BCUT2D eigenvalue weighted by atomic mass is 9.95. The molecule has 1 aliphatic rings. The molecule has 98 valence electrons. The average Bonchev–Trinajstić information content (AvgIpc) is 2.41. The molecule has 3 nitrogen and oxygen atoms in total. The predicted octanol–water partition coefficient (Wildman–Crippen LogP) is 2.94. The molecule has 0 saturated heterocycles. The van der Waals surface area contributed by atoms with Gasteiger partial charge in [0.15, 0.2) is 0 Å². The molecule has 0 heterocycles. The Hall–Kier alpha value is -1.51. The second-order valence-corrected chi connectivity index (χ2v) is 5.08. The van der Waals surface area contributed by atoms with Crippen LogP contribution in [0.1, 0.15) is 39.0 Å². The molecule has 1 aromatic rings. The molecule has 18 heavy (non-hydrogen) atoms. The van der Waals surface area contributed by atoms with E-state index in [1.54, 1.807) is 0 Å². The van der Waals surface area contributed by atoms with Gasteiger partial charge in [0.2, 0.25) is 5.91 Å². The molecule has 1 aliphatic carbocycles. The number of amides is 1. The first kappa shape index (κ1) is 12.9. The van der Waals surface area contributed by atoms with Crippen molar-refractivity contribution in [1.29, 1.82) is 0 Å². The maximum absolute atomic E-state index is 12.0. The predicted molar refractivity (Wildman–Crippen MR) is 74.5 cm³/mol. The van der Waals surface area contributed by atoms with Crippen LogP contribution in [-0.2, 0) is 4.79 Å². The van der Waals surface area contributed by atoms with Crippen molar-refractivity contribution in [3.05, 3.63) is 30.3 Å². The minimum atomic E-state index is -0.186. The summed E-state index contributed by atoms with van der Waals surface area (Å²) in [7, 11) is 0. The number of hydrogen-bond donors (Lipinski definition) is 2. The summed E-state index contributed by atoms with van der Waals surface area (Å²) >= 11 is 0. The normalized spacial score (nSPS) is 18.1. The van der Waals surface area contributed by atoms with Gasteiger partial charge in [0.1, 0.15) is 6.04 Å². The largest absolute Gasteiger partial charge is 0.374 e. The third kappa shape index (κ3) is 3.76. The molecule has 1 fully saturated rings. The lowest BCUT2D eigenvalue weighted by Crippen LogP contribution is -2.43. The van der Waals surface area contributed by atoms with Crippen molar-refractivity contribution >= 4 is 11.6 Å². The van der Waals surface area contributed by atoms with E-state index in [1.165, 1.54) is 19.3 Å². The standard InChI is InChI=1S/C15H22N2O/c1-12(16-13-8-4-2-5-9-13)15(18)17-14-10-6-3-7-11-14/h2,4-5,8-9,12,14,16H,3,6-7,10-11H2,1H3,(H,17,18)/t12-/m1/s1. The van der Waals surface area contributed by atoms with Crippen LogP contribution in [0, 0.1) is 0 Å². The zero-order valence-corrected chi connectivity index (χ0v) is 11.0. The van der Waals surface area contributed by atoms with Crippen LogP contribution in [0.25, 0.3) is 0 Å². The first-order chi connectivity index (χ1) is 8.75. The Morgan fingerprint density at radius 2 is 1.83 bits per heavy atom. The summed E-state index contributed by atoms with van der Waals surface area (Å²) in [5.41, 5.74) is 0.990. The van der Waals surface area contributed by atoms with Gasteiger partial charge in [0.05, 0.1) is 0 Å². The van der Waals surface area contributed by atoms with Gasteiger partial charge in [-0.1, -0.05) is 37.5 Å². The summed E-state index contributed by atoms with van der Waals surface area (Å²) < 4.78 is 0. The molecule has 1 saturated carbocycles. The van der Waals surface area contributed by atoms with Gasteiger partial charge < -0.3 is 10.6 Å². The van der Waals surface area contributed by atoms with Crippen molar-refractivity contribution in [3.8, 4) is 0 Å².